The Morgan fingerprint density at radius 1 is 0.667 bits per heavy atom. The lowest BCUT2D eigenvalue weighted by atomic mass is 9.97. The van der Waals surface area contributed by atoms with Crippen molar-refractivity contribution in [2.75, 3.05) is 13.1 Å². The van der Waals surface area contributed by atoms with Gasteiger partial charge in [0.25, 0.3) is 0 Å². The fraction of sp³-hybridized carbons (Fsp3) is 0.972. The molecule has 1 aliphatic heterocycles. The van der Waals surface area contributed by atoms with E-state index in [2.05, 4.69) is 31.0 Å². The van der Waals surface area contributed by atoms with Gasteiger partial charge in [-0.25, -0.2) is 0 Å². The lowest BCUT2D eigenvalue weighted by Crippen LogP contribution is -2.51. The van der Waals surface area contributed by atoms with E-state index >= 15 is 0 Å². The van der Waals surface area contributed by atoms with Gasteiger partial charge in [-0.1, -0.05) is 156 Å². The summed E-state index contributed by atoms with van der Waals surface area (Å²) in [5.41, 5.74) is 0. The van der Waals surface area contributed by atoms with E-state index in [0.29, 0.717) is 11.9 Å². The maximum atomic E-state index is 13.2. The summed E-state index contributed by atoms with van der Waals surface area (Å²) in [6, 6.07) is 0.510. The maximum Gasteiger partial charge on any atom is 0.237 e. The van der Waals surface area contributed by atoms with Gasteiger partial charge in [0.05, 0.1) is 6.04 Å². The molecule has 0 spiro atoms. The van der Waals surface area contributed by atoms with Crippen LogP contribution in [0.5, 0.6) is 0 Å². The van der Waals surface area contributed by atoms with Crippen LogP contribution in [-0.4, -0.2) is 36.0 Å². The van der Waals surface area contributed by atoms with Crippen molar-refractivity contribution in [3.8, 4) is 0 Å². The summed E-state index contributed by atoms with van der Waals surface area (Å²) in [5.74, 6) is 2.48. The molecular formula is C36H70N2O. The highest BCUT2D eigenvalue weighted by Gasteiger charge is 2.35. The van der Waals surface area contributed by atoms with Gasteiger partial charge in [-0.15, -0.1) is 0 Å². The molecule has 1 aliphatic carbocycles. The van der Waals surface area contributed by atoms with Crippen LogP contribution >= 0.6 is 0 Å². The predicted molar refractivity (Wildman–Crippen MR) is 171 cm³/mol. The van der Waals surface area contributed by atoms with Crippen LogP contribution in [0.15, 0.2) is 0 Å². The zero-order chi connectivity index (χ0) is 28.0. The summed E-state index contributed by atoms with van der Waals surface area (Å²) in [6.45, 7) is 8.90. The number of unbranched alkanes of at least 4 members (excludes halogenated alkanes) is 15. The number of carbonyl (C=O) groups is 1. The number of carbonyl (C=O) groups excluding carboxylic acids is 1. The number of nitrogens with one attached hydrogen (secondary N) is 1. The molecular weight excluding hydrogens is 476 g/mol. The number of likely N-dealkylation sites (tertiary alicyclic amines) is 1. The molecule has 1 N–H and O–H groups in total. The Balaban J connectivity index is 1.56. The van der Waals surface area contributed by atoms with Crippen molar-refractivity contribution in [1.82, 2.24) is 10.2 Å². The molecule has 39 heavy (non-hydrogen) atoms. The third kappa shape index (κ3) is 16.5. The van der Waals surface area contributed by atoms with E-state index in [1.807, 2.05) is 0 Å². The fourth-order valence-electron chi connectivity index (χ4n) is 7.13. The minimum atomic E-state index is 0.118. The second-order valence-corrected chi connectivity index (χ2v) is 13.4. The molecule has 0 aromatic heterocycles. The molecule has 0 bridgehead atoms. The van der Waals surface area contributed by atoms with Gasteiger partial charge in [-0.2, -0.15) is 0 Å². The summed E-state index contributed by atoms with van der Waals surface area (Å²) in [7, 11) is 0. The molecule has 1 heterocycles. The molecule has 0 aromatic carbocycles. The van der Waals surface area contributed by atoms with Gasteiger partial charge in [0.2, 0.25) is 5.91 Å². The van der Waals surface area contributed by atoms with Gasteiger partial charge in [0.15, 0.2) is 0 Å². The number of likely N-dealkylation sites (N-methyl/N-ethyl adjacent to an activating group) is 1. The van der Waals surface area contributed by atoms with Crippen molar-refractivity contribution in [2.24, 2.45) is 11.8 Å². The molecule has 1 saturated carbocycles. The van der Waals surface area contributed by atoms with Crippen molar-refractivity contribution in [1.29, 1.82) is 0 Å². The Morgan fingerprint density at radius 2 is 1.15 bits per heavy atom. The number of rotatable bonds is 26. The van der Waals surface area contributed by atoms with Crippen molar-refractivity contribution < 1.29 is 4.79 Å². The number of piperidine rings is 1. The Bertz CT molecular complexity index is 578. The molecule has 2 aliphatic rings. The minimum absolute atomic E-state index is 0.118. The van der Waals surface area contributed by atoms with Crippen molar-refractivity contribution >= 4 is 5.91 Å². The zero-order valence-electron chi connectivity index (χ0n) is 27.0. The summed E-state index contributed by atoms with van der Waals surface area (Å²) < 4.78 is 0. The molecule has 2 rings (SSSR count). The lowest BCUT2D eigenvalue weighted by Gasteiger charge is -2.34. The zero-order valence-corrected chi connectivity index (χ0v) is 27.0. The van der Waals surface area contributed by atoms with Gasteiger partial charge < -0.3 is 5.32 Å². The topological polar surface area (TPSA) is 32.3 Å². The Hall–Kier alpha value is -0.570. The average Bonchev–Trinajstić information content (AvgIpc) is 3.71. The number of nitrogens with zero attached hydrogens (tertiary/aromatic N) is 1. The average molecular weight is 547 g/mol. The van der Waals surface area contributed by atoms with Crippen LogP contribution in [0, 0.1) is 11.8 Å². The standard InChI is InChI=1S/C36H70N2O/c1-4-7-9-11-13-17-21-27-34(37-36(39)35-29-23-24-30-38(35)6-3)28-22-18-14-16-20-26-33-31-32(33)25-19-15-12-10-8-5-2/h32-35H,4-31H2,1-3H3,(H,37,39)/t32-,33-,34-,35+/m1/s1. The van der Waals surface area contributed by atoms with E-state index in [1.54, 1.807) is 0 Å². The normalized spacial score (nSPS) is 22.2. The summed E-state index contributed by atoms with van der Waals surface area (Å²) in [5, 5.41) is 3.54. The monoisotopic (exact) mass is 547 g/mol. The Morgan fingerprint density at radius 3 is 1.67 bits per heavy atom. The molecule has 0 radical (unpaired) electrons. The van der Waals surface area contributed by atoms with E-state index in [1.165, 1.54) is 161 Å². The molecule has 230 valence electrons. The van der Waals surface area contributed by atoms with Crippen LogP contribution < -0.4 is 5.32 Å². The molecule has 3 heteroatoms. The number of amides is 1. The summed E-state index contributed by atoms with van der Waals surface area (Å²) >= 11 is 0. The van der Waals surface area contributed by atoms with Crippen molar-refractivity contribution in [3.05, 3.63) is 0 Å². The first-order valence-corrected chi connectivity index (χ1v) is 18.2. The molecule has 1 saturated heterocycles. The quantitative estimate of drug-likeness (QED) is 0.109. The van der Waals surface area contributed by atoms with Crippen molar-refractivity contribution in [3.63, 3.8) is 0 Å². The van der Waals surface area contributed by atoms with Crippen LogP contribution in [0.25, 0.3) is 0 Å². The Kier molecular flexibility index (Phi) is 20.5. The third-order valence-corrected chi connectivity index (χ3v) is 9.95. The second kappa shape index (κ2) is 23.0. The van der Waals surface area contributed by atoms with Gasteiger partial charge >= 0.3 is 0 Å². The van der Waals surface area contributed by atoms with Crippen LogP contribution in [0.2, 0.25) is 0 Å². The van der Waals surface area contributed by atoms with Crippen LogP contribution in [0.1, 0.15) is 188 Å². The number of hydrogen-bond donors (Lipinski definition) is 1. The molecule has 0 aromatic rings. The fourth-order valence-corrected chi connectivity index (χ4v) is 7.13. The summed E-state index contributed by atoms with van der Waals surface area (Å²) in [4.78, 5) is 15.6. The molecule has 0 unspecified atom stereocenters. The van der Waals surface area contributed by atoms with Crippen LogP contribution in [0.3, 0.4) is 0 Å². The van der Waals surface area contributed by atoms with Gasteiger partial charge in [-0.05, 0) is 57.0 Å². The highest BCUT2D eigenvalue weighted by atomic mass is 16.2. The van der Waals surface area contributed by atoms with E-state index in [4.69, 9.17) is 0 Å². The van der Waals surface area contributed by atoms with Gasteiger partial charge in [0, 0.05) is 6.04 Å². The number of hydrogen-bond acceptors (Lipinski definition) is 2. The van der Waals surface area contributed by atoms with Crippen LogP contribution in [-0.2, 0) is 4.79 Å². The minimum Gasteiger partial charge on any atom is -0.352 e. The van der Waals surface area contributed by atoms with E-state index < -0.39 is 0 Å². The van der Waals surface area contributed by atoms with Crippen molar-refractivity contribution in [2.45, 2.75) is 200 Å². The van der Waals surface area contributed by atoms with Gasteiger partial charge in [-0.3, -0.25) is 9.69 Å². The smallest absolute Gasteiger partial charge is 0.237 e. The highest BCUT2D eigenvalue weighted by Crippen LogP contribution is 2.45. The largest absolute Gasteiger partial charge is 0.352 e. The van der Waals surface area contributed by atoms with E-state index in [-0.39, 0.29) is 6.04 Å². The highest BCUT2D eigenvalue weighted by molar-refractivity contribution is 5.82. The molecule has 1 amide bonds. The first-order valence-electron chi connectivity index (χ1n) is 18.2. The van der Waals surface area contributed by atoms with E-state index in [9.17, 15) is 4.79 Å². The maximum absolute atomic E-state index is 13.2. The second-order valence-electron chi connectivity index (χ2n) is 13.4. The van der Waals surface area contributed by atoms with Crippen LogP contribution in [0.4, 0.5) is 0 Å². The molecule has 3 nitrogen and oxygen atoms in total. The Labute approximate surface area is 245 Å². The predicted octanol–water partition coefficient (Wildman–Crippen LogP) is 10.6. The molecule has 2 fully saturated rings. The SMILES string of the molecule is CCCCCCCCC[C@H](CCCCCCC[C@@H]1C[C@H]1CCCCCCCC)NC(=O)[C@@H]1CCCCN1CC. The van der Waals surface area contributed by atoms with Gasteiger partial charge in [0.1, 0.15) is 0 Å². The first-order chi connectivity index (χ1) is 19.2. The van der Waals surface area contributed by atoms with E-state index in [0.717, 1.165) is 31.3 Å². The first kappa shape index (κ1) is 34.6. The summed E-state index contributed by atoms with van der Waals surface area (Å²) in [6.07, 6.45) is 35.4. The lowest BCUT2D eigenvalue weighted by molar-refractivity contribution is -0.128. The molecule has 4 atom stereocenters. The third-order valence-electron chi connectivity index (χ3n) is 9.95.